The number of nitrogens with zero attached hydrogens (tertiary/aromatic N) is 1. The van der Waals surface area contributed by atoms with Gasteiger partial charge in [0.15, 0.2) is 0 Å². The van der Waals surface area contributed by atoms with E-state index in [-0.39, 0.29) is 10.4 Å². The van der Waals surface area contributed by atoms with Crippen molar-refractivity contribution in [3.63, 3.8) is 0 Å². The van der Waals surface area contributed by atoms with Gasteiger partial charge in [0.25, 0.3) is 10.0 Å². The Kier molecular flexibility index (Phi) is 5.39. The van der Waals surface area contributed by atoms with Gasteiger partial charge in [0.2, 0.25) is 0 Å². The summed E-state index contributed by atoms with van der Waals surface area (Å²) in [5.41, 5.74) is 0.864. The van der Waals surface area contributed by atoms with E-state index in [1.165, 1.54) is 0 Å². The molecule has 4 nitrogen and oxygen atoms in total. The molecule has 0 aliphatic carbocycles. The second-order valence-electron chi connectivity index (χ2n) is 6.31. The molecule has 0 saturated heterocycles. The van der Waals surface area contributed by atoms with E-state index in [1.807, 2.05) is 52.0 Å². The Morgan fingerprint density at radius 2 is 1.52 bits per heavy atom. The number of nitrogens with one attached hydrogen (secondary N) is 1. The fourth-order valence-electron chi connectivity index (χ4n) is 1.81. The summed E-state index contributed by atoms with van der Waals surface area (Å²) in [6.07, 6.45) is 0. The summed E-state index contributed by atoms with van der Waals surface area (Å²) in [6, 6.07) is 16.1. The molecular formula is C17H22N2O2S2. The molecule has 0 bridgehead atoms. The van der Waals surface area contributed by atoms with E-state index in [0.717, 1.165) is 10.5 Å². The SMILES string of the molecule is Cc1ccc([S@](=NS(=O)(=O)c2ccccc2)NC(C)(C)C)cc1. The second kappa shape index (κ2) is 6.95. The first-order valence-electron chi connectivity index (χ1n) is 7.29. The van der Waals surface area contributed by atoms with E-state index in [1.54, 1.807) is 30.3 Å². The number of rotatable bonds is 4. The summed E-state index contributed by atoms with van der Waals surface area (Å²) < 4.78 is 32.6. The lowest BCUT2D eigenvalue weighted by Crippen LogP contribution is -2.37. The van der Waals surface area contributed by atoms with Crippen LogP contribution in [-0.2, 0) is 20.9 Å². The van der Waals surface area contributed by atoms with Gasteiger partial charge in [-0.3, -0.25) is 0 Å². The highest BCUT2D eigenvalue weighted by Crippen LogP contribution is 2.18. The molecule has 23 heavy (non-hydrogen) atoms. The van der Waals surface area contributed by atoms with Gasteiger partial charge in [-0.15, -0.1) is 3.77 Å². The average molecular weight is 351 g/mol. The van der Waals surface area contributed by atoms with Crippen LogP contribution in [0.4, 0.5) is 0 Å². The lowest BCUT2D eigenvalue weighted by molar-refractivity contribution is 0.532. The standard InChI is InChI=1S/C17H22N2O2S2/c1-14-10-12-15(13-11-14)22(18-17(2,3)4)19-23(20,21)16-8-6-5-7-9-16/h5-13H,1-4H3,(H,18,19)/t22-/m0/s1. The lowest BCUT2D eigenvalue weighted by Gasteiger charge is -2.22. The van der Waals surface area contributed by atoms with Crippen LogP contribution in [0.2, 0.25) is 0 Å². The van der Waals surface area contributed by atoms with E-state index in [9.17, 15) is 8.42 Å². The first-order valence-corrected chi connectivity index (χ1v) is 9.91. The highest BCUT2D eigenvalue weighted by atomic mass is 32.3. The molecule has 2 aromatic carbocycles. The molecule has 6 heteroatoms. The van der Waals surface area contributed by atoms with Gasteiger partial charge in [0, 0.05) is 21.3 Å². The first-order chi connectivity index (χ1) is 10.7. The highest BCUT2D eigenvalue weighted by molar-refractivity contribution is 7.99. The molecule has 0 aromatic heterocycles. The molecule has 2 rings (SSSR count). The monoisotopic (exact) mass is 350 g/mol. The number of sulfonamides is 1. The maximum absolute atomic E-state index is 12.6. The van der Waals surface area contributed by atoms with Crippen molar-refractivity contribution < 1.29 is 8.42 Å². The predicted octanol–water partition coefficient (Wildman–Crippen LogP) is 3.85. The summed E-state index contributed by atoms with van der Waals surface area (Å²) in [5.74, 6) is 0. The van der Waals surface area contributed by atoms with Crippen LogP contribution in [0.3, 0.4) is 0 Å². The Morgan fingerprint density at radius 3 is 2.04 bits per heavy atom. The van der Waals surface area contributed by atoms with Gasteiger partial charge in [-0.2, -0.15) is 8.42 Å². The zero-order valence-corrected chi connectivity index (χ0v) is 15.4. The van der Waals surface area contributed by atoms with Crippen molar-refractivity contribution in [3.05, 3.63) is 60.2 Å². The van der Waals surface area contributed by atoms with Crippen LogP contribution in [0.15, 0.2) is 68.2 Å². The largest absolute Gasteiger partial charge is 0.289 e. The summed E-state index contributed by atoms with van der Waals surface area (Å²) in [7, 11) is -4.66. The van der Waals surface area contributed by atoms with Crippen LogP contribution in [0.5, 0.6) is 0 Å². The van der Waals surface area contributed by atoms with Gasteiger partial charge in [0.1, 0.15) is 0 Å². The van der Waals surface area contributed by atoms with Gasteiger partial charge < -0.3 is 0 Å². The van der Waals surface area contributed by atoms with Crippen molar-refractivity contribution in [1.82, 2.24) is 4.72 Å². The van der Waals surface area contributed by atoms with Crippen molar-refractivity contribution in [2.45, 2.75) is 43.0 Å². The fourth-order valence-corrected chi connectivity index (χ4v) is 5.03. The number of hydrogen-bond donors (Lipinski definition) is 1. The van der Waals surface area contributed by atoms with E-state index in [0.29, 0.717) is 0 Å². The van der Waals surface area contributed by atoms with Crippen molar-refractivity contribution >= 4 is 20.9 Å². The summed E-state index contributed by atoms with van der Waals surface area (Å²) >= 11 is 0. The molecule has 1 N–H and O–H groups in total. The maximum Gasteiger partial charge on any atom is 0.289 e. The number of aryl methyl sites for hydroxylation is 1. The summed E-state index contributed by atoms with van der Waals surface area (Å²) in [5, 5.41) is 0. The molecule has 0 saturated carbocycles. The predicted molar refractivity (Wildman–Crippen MR) is 95.8 cm³/mol. The Hall–Kier alpha value is -1.50. The minimum atomic E-state index is -3.72. The molecule has 0 heterocycles. The minimum Gasteiger partial charge on any atom is -0.245 e. The maximum atomic E-state index is 12.6. The van der Waals surface area contributed by atoms with Gasteiger partial charge >= 0.3 is 0 Å². The Labute approximate surface area is 141 Å². The molecule has 0 unspecified atom stereocenters. The Bertz CT molecular complexity index is 791. The van der Waals surface area contributed by atoms with Crippen molar-refractivity contribution in [1.29, 1.82) is 0 Å². The molecule has 0 aliphatic heterocycles. The van der Waals surface area contributed by atoms with Crippen molar-refractivity contribution in [3.8, 4) is 0 Å². The third-order valence-electron chi connectivity index (χ3n) is 2.86. The zero-order valence-electron chi connectivity index (χ0n) is 13.8. The van der Waals surface area contributed by atoms with E-state index in [2.05, 4.69) is 8.49 Å². The summed E-state index contributed by atoms with van der Waals surface area (Å²) in [6.45, 7) is 7.97. The first kappa shape index (κ1) is 17.8. The zero-order chi connectivity index (χ0) is 17.1. The van der Waals surface area contributed by atoms with Crippen LogP contribution in [0.25, 0.3) is 0 Å². The van der Waals surface area contributed by atoms with Gasteiger partial charge in [-0.1, -0.05) is 35.9 Å². The smallest absolute Gasteiger partial charge is 0.245 e. The fraction of sp³-hybridized carbons (Fsp3) is 0.294. The van der Waals surface area contributed by atoms with Crippen LogP contribution < -0.4 is 4.72 Å². The van der Waals surface area contributed by atoms with Crippen LogP contribution in [0.1, 0.15) is 26.3 Å². The quantitative estimate of drug-likeness (QED) is 0.911. The Morgan fingerprint density at radius 1 is 0.957 bits per heavy atom. The van der Waals surface area contributed by atoms with Gasteiger partial charge in [0.05, 0.1) is 4.90 Å². The average Bonchev–Trinajstić information content (AvgIpc) is 2.46. The third-order valence-corrected chi connectivity index (χ3v) is 6.63. The highest BCUT2D eigenvalue weighted by Gasteiger charge is 2.18. The Balaban J connectivity index is 2.51. The van der Waals surface area contributed by atoms with E-state index >= 15 is 0 Å². The molecular weight excluding hydrogens is 328 g/mol. The van der Waals surface area contributed by atoms with Crippen molar-refractivity contribution in [2.75, 3.05) is 0 Å². The van der Waals surface area contributed by atoms with Crippen molar-refractivity contribution in [2.24, 2.45) is 3.77 Å². The molecule has 1 atom stereocenters. The normalized spacial score (nSPS) is 13.9. The van der Waals surface area contributed by atoms with Crippen LogP contribution in [-0.4, -0.2) is 14.0 Å². The van der Waals surface area contributed by atoms with Gasteiger partial charge in [-0.25, -0.2) is 4.72 Å². The lowest BCUT2D eigenvalue weighted by atomic mass is 10.1. The summed E-state index contributed by atoms with van der Waals surface area (Å²) in [4.78, 5) is 1.06. The van der Waals surface area contributed by atoms with Gasteiger partial charge in [-0.05, 0) is 52.0 Å². The molecule has 0 fully saturated rings. The van der Waals surface area contributed by atoms with E-state index < -0.39 is 20.9 Å². The molecule has 124 valence electrons. The minimum absolute atomic E-state index is 0.209. The second-order valence-corrected chi connectivity index (χ2v) is 9.58. The molecule has 0 amide bonds. The van der Waals surface area contributed by atoms with Crippen LogP contribution >= 0.6 is 0 Å². The third kappa shape index (κ3) is 5.27. The molecule has 2 aromatic rings. The molecule has 0 spiro atoms. The van der Waals surface area contributed by atoms with E-state index in [4.69, 9.17) is 0 Å². The molecule has 0 radical (unpaired) electrons. The topological polar surface area (TPSA) is 58.5 Å². The van der Waals surface area contributed by atoms with Crippen LogP contribution in [0, 0.1) is 6.92 Å². The molecule has 0 aliphatic rings. The number of benzene rings is 2. The number of hydrogen-bond acceptors (Lipinski definition) is 2.